The molecule has 0 bridgehead atoms. The van der Waals surface area contributed by atoms with Crippen LogP contribution in [0.2, 0.25) is 0 Å². The molecule has 22 heavy (non-hydrogen) atoms. The number of pyridine rings is 1. The molecule has 8 heteroatoms. The Morgan fingerprint density at radius 1 is 0.864 bits per heavy atom. The summed E-state index contributed by atoms with van der Waals surface area (Å²) in [6.45, 7) is 3.92. The van der Waals surface area contributed by atoms with Crippen molar-refractivity contribution < 1.29 is 27.4 Å². The summed E-state index contributed by atoms with van der Waals surface area (Å²) in [7, 11) is 0. The van der Waals surface area contributed by atoms with Gasteiger partial charge in [0.15, 0.2) is 0 Å². The number of nitrogens with zero attached hydrogens (tertiary/aromatic N) is 2. The average Bonchev–Trinajstić information content (AvgIpc) is 2.47. The molecule has 1 aromatic heterocycles. The van der Waals surface area contributed by atoms with E-state index in [1.54, 1.807) is 0 Å². The first-order chi connectivity index (χ1) is 10.6. The highest BCUT2D eigenvalue weighted by molar-refractivity contribution is 5.39. The van der Waals surface area contributed by atoms with Gasteiger partial charge in [-0.15, -0.1) is 0 Å². The number of ether oxygens (including phenoxy) is 3. The molecular formula is C14H19F3N2O3. The molecule has 0 aromatic carbocycles. The lowest BCUT2D eigenvalue weighted by Gasteiger charge is -2.24. The second-order valence-corrected chi connectivity index (χ2v) is 4.73. The van der Waals surface area contributed by atoms with Crippen LogP contribution in [0.4, 0.5) is 19.0 Å². The molecule has 124 valence electrons. The lowest BCUT2D eigenvalue weighted by molar-refractivity contribution is -0.137. The van der Waals surface area contributed by atoms with Crippen LogP contribution in [0.5, 0.6) is 0 Å². The van der Waals surface area contributed by atoms with Gasteiger partial charge in [-0.3, -0.25) is 0 Å². The lowest BCUT2D eigenvalue weighted by atomic mass is 10.2. The van der Waals surface area contributed by atoms with Gasteiger partial charge in [0.1, 0.15) is 5.82 Å². The Morgan fingerprint density at radius 3 is 1.86 bits per heavy atom. The van der Waals surface area contributed by atoms with Gasteiger partial charge in [-0.25, -0.2) is 4.98 Å². The van der Waals surface area contributed by atoms with Crippen molar-refractivity contribution in [3.63, 3.8) is 0 Å². The van der Waals surface area contributed by atoms with Crippen molar-refractivity contribution in [2.45, 2.75) is 6.18 Å². The molecule has 1 fully saturated rings. The Hall–Kier alpha value is -1.38. The topological polar surface area (TPSA) is 43.8 Å². The number of hydrogen-bond donors (Lipinski definition) is 0. The summed E-state index contributed by atoms with van der Waals surface area (Å²) in [5.74, 6) is 0.480. The maximum absolute atomic E-state index is 12.6. The van der Waals surface area contributed by atoms with E-state index in [-0.39, 0.29) is 0 Å². The van der Waals surface area contributed by atoms with Crippen molar-refractivity contribution in [2.75, 3.05) is 57.6 Å². The Kier molecular flexibility index (Phi) is 6.41. The van der Waals surface area contributed by atoms with Gasteiger partial charge in [0.25, 0.3) is 0 Å². The Morgan fingerprint density at radius 2 is 1.41 bits per heavy atom. The Bertz CT molecular complexity index is 428. The number of anilines is 1. The second kappa shape index (κ2) is 8.30. The number of aromatic nitrogens is 1. The fourth-order valence-electron chi connectivity index (χ4n) is 1.97. The highest BCUT2D eigenvalue weighted by Gasteiger charge is 2.30. The normalized spacial score (nSPS) is 19.3. The third kappa shape index (κ3) is 5.43. The number of rotatable bonds is 1. The fraction of sp³-hybridized carbons (Fsp3) is 0.643. The van der Waals surface area contributed by atoms with Crippen LogP contribution in [0.3, 0.4) is 0 Å². The van der Waals surface area contributed by atoms with Crippen molar-refractivity contribution in [3.8, 4) is 0 Å². The first-order valence-corrected chi connectivity index (χ1v) is 7.09. The summed E-state index contributed by atoms with van der Waals surface area (Å²) in [4.78, 5) is 5.76. The van der Waals surface area contributed by atoms with E-state index in [1.807, 2.05) is 4.90 Å². The molecule has 0 radical (unpaired) electrons. The molecule has 2 heterocycles. The van der Waals surface area contributed by atoms with Crippen LogP contribution in [-0.4, -0.2) is 57.7 Å². The van der Waals surface area contributed by atoms with Gasteiger partial charge < -0.3 is 19.1 Å². The van der Waals surface area contributed by atoms with Crippen LogP contribution < -0.4 is 4.90 Å². The van der Waals surface area contributed by atoms with E-state index in [9.17, 15) is 13.2 Å². The predicted molar refractivity (Wildman–Crippen MR) is 73.9 cm³/mol. The summed E-state index contributed by atoms with van der Waals surface area (Å²) in [5, 5.41) is 0. The summed E-state index contributed by atoms with van der Waals surface area (Å²) >= 11 is 0. The third-order valence-electron chi connectivity index (χ3n) is 3.15. The minimum atomic E-state index is -4.38. The first-order valence-electron chi connectivity index (χ1n) is 7.09. The molecule has 0 spiro atoms. The molecule has 2 rings (SSSR count). The van der Waals surface area contributed by atoms with E-state index in [1.165, 1.54) is 6.07 Å². The molecular weight excluding hydrogens is 301 g/mol. The van der Waals surface area contributed by atoms with Gasteiger partial charge in [0.05, 0.1) is 45.2 Å². The van der Waals surface area contributed by atoms with E-state index in [2.05, 4.69) is 4.98 Å². The SMILES string of the molecule is FC(F)(F)c1ccc(N2CCOCCOCCOCC2)nc1. The minimum Gasteiger partial charge on any atom is -0.377 e. The van der Waals surface area contributed by atoms with Crippen LogP contribution in [0.1, 0.15) is 5.56 Å². The van der Waals surface area contributed by atoms with Crippen LogP contribution in [0, 0.1) is 0 Å². The van der Waals surface area contributed by atoms with E-state index in [0.717, 1.165) is 12.3 Å². The quantitative estimate of drug-likeness (QED) is 0.791. The van der Waals surface area contributed by atoms with Gasteiger partial charge in [0, 0.05) is 19.3 Å². The molecule has 0 amide bonds. The van der Waals surface area contributed by atoms with E-state index < -0.39 is 11.7 Å². The zero-order valence-corrected chi connectivity index (χ0v) is 12.1. The van der Waals surface area contributed by atoms with Gasteiger partial charge in [0.2, 0.25) is 0 Å². The zero-order valence-electron chi connectivity index (χ0n) is 12.1. The summed E-state index contributed by atoms with van der Waals surface area (Å²) in [5.41, 5.74) is -0.754. The van der Waals surface area contributed by atoms with Gasteiger partial charge in [-0.1, -0.05) is 0 Å². The van der Waals surface area contributed by atoms with Crippen LogP contribution in [0.25, 0.3) is 0 Å². The maximum atomic E-state index is 12.6. The van der Waals surface area contributed by atoms with Gasteiger partial charge in [-0.05, 0) is 12.1 Å². The molecule has 0 aliphatic carbocycles. The van der Waals surface area contributed by atoms with Crippen molar-refractivity contribution >= 4 is 5.82 Å². The monoisotopic (exact) mass is 320 g/mol. The third-order valence-corrected chi connectivity index (χ3v) is 3.15. The van der Waals surface area contributed by atoms with Crippen LogP contribution in [-0.2, 0) is 20.4 Å². The van der Waals surface area contributed by atoms with Crippen molar-refractivity contribution in [1.29, 1.82) is 0 Å². The number of alkyl halides is 3. The highest BCUT2D eigenvalue weighted by Crippen LogP contribution is 2.29. The molecule has 1 saturated heterocycles. The second-order valence-electron chi connectivity index (χ2n) is 4.73. The zero-order chi connectivity index (χ0) is 15.8. The molecule has 0 unspecified atom stereocenters. The predicted octanol–water partition coefficient (Wildman–Crippen LogP) is 1.97. The van der Waals surface area contributed by atoms with E-state index >= 15 is 0 Å². The molecule has 5 nitrogen and oxygen atoms in total. The summed E-state index contributed by atoms with van der Waals surface area (Å²) in [6.07, 6.45) is -3.53. The van der Waals surface area contributed by atoms with Crippen LogP contribution >= 0.6 is 0 Å². The molecule has 1 aliphatic heterocycles. The molecule has 1 aliphatic rings. The first kappa shape index (κ1) is 17.0. The smallest absolute Gasteiger partial charge is 0.377 e. The van der Waals surface area contributed by atoms with Crippen molar-refractivity contribution in [1.82, 2.24) is 4.98 Å². The van der Waals surface area contributed by atoms with Crippen LogP contribution in [0.15, 0.2) is 18.3 Å². The largest absolute Gasteiger partial charge is 0.417 e. The maximum Gasteiger partial charge on any atom is 0.417 e. The van der Waals surface area contributed by atoms with Gasteiger partial charge >= 0.3 is 6.18 Å². The molecule has 0 saturated carbocycles. The molecule has 0 N–H and O–H groups in total. The highest BCUT2D eigenvalue weighted by atomic mass is 19.4. The van der Waals surface area contributed by atoms with E-state index in [0.29, 0.717) is 58.5 Å². The minimum absolute atomic E-state index is 0.450. The fourth-order valence-corrected chi connectivity index (χ4v) is 1.97. The van der Waals surface area contributed by atoms with Gasteiger partial charge in [-0.2, -0.15) is 13.2 Å². The summed E-state index contributed by atoms with van der Waals surface area (Å²) < 4.78 is 53.8. The average molecular weight is 320 g/mol. The Labute approximate surface area is 127 Å². The van der Waals surface area contributed by atoms with E-state index in [4.69, 9.17) is 14.2 Å². The van der Waals surface area contributed by atoms with Crippen molar-refractivity contribution in [3.05, 3.63) is 23.9 Å². The Balaban J connectivity index is 1.99. The standard InChI is InChI=1S/C14H19F3N2O3/c15-14(16,17)12-1-2-13(18-11-12)19-3-5-20-7-9-22-10-8-21-6-4-19/h1-2,11H,3-10H2. The summed E-state index contributed by atoms with van der Waals surface area (Å²) in [6, 6.07) is 2.41. The lowest BCUT2D eigenvalue weighted by Crippen LogP contribution is -2.33. The molecule has 0 atom stereocenters. The number of hydrogen-bond acceptors (Lipinski definition) is 5. The van der Waals surface area contributed by atoms with Crippen molar-refractivity contribution in [2.24, 2.45) is 0 Å². The molecule has 1 aromatic rings. The number of halogens is 3.